The lowest BCUT2D eigenvalue weighted by Gasteiger charge is -2.27. The molecule has 0 bridgehead atoms. The predicted octanol–water partition coefficient (Wildman–Crippen LogP) is 3.08. The molecule has 4 nitrogen and oxygen atoms in total. The van der Waals surface area contributed by atoms with Gasteiger partial charge >= 0.3 is 0 Å². The molecule has 2 aliphatic rings. The highest BCUT2D eigenvalue weighted by molar-refractivity contribution is 14.0. The third-order valence-electron chi connectivity index (χ3n) is 4.57. The summed E-state index contributed by atoms with van der Waals surface area (Å²) in [6.45, 7) is 5.65. The molecule has 1 aliphatic carbocycles. The van der Waals surface area contributed by atoms with Crippen LogP contribution in [0.4, 0.5) is 0 Å². The Balaban J connectivity index is 0.00000176. The number of guanidine groups is 1. The highest BCUT2D eigenvalue weighted by Crippen LogP contribution is 2.29. The van der Waals surface area contributed by atoms with E-state index in [4.69, 9.17) is 0 Å². The van der Waals surface area contributed by atoms with Crippen LogP contribution >= 0.6 is 35.3 Å². The maximum Gasteiger partial charge on any atom is 0.191 e. The van der Waals surface area contributed by atoms with Crippen LogP contribution in [0.1, 0.15) is 37.1 Å². The zero-order valence-electron chi connectivity index (χ0n) is 13.4. The van der Waals surface area contributed by atoms with Gasteiger partial charge in [-0.1, -0.05) is 13.0 Å². The van der Waals surface area contributed by atoms with E-state index in [0.717, 1.165) is 18.4 Å². The molecule has 124 valence electrons. The number of nitrogens with zero attached hydrogens (tertiary/aromatic N) is 2. The quantitative estimate of drug-likeness (QED) is 0.425. The minimum Gasteiger partial charge on any atom is -0.354 e. The lowest BCUT2D eigenvalue weighted by atomic mass is 10.2. The molecule has 22 heavy (non-hydrogen) atoms. The first-order chi connectivity index (χ1) is 10.3. The van der Waals surface area contributed by atoms with E-state index in [2.05, 4.69) is 45.0 Å². The zero-order valence-corrected chi connectivity index (χ0v) is 16.6. The highest BCUT2D eigenvalue weighted by atomic mass is 127. The van der Waals surface area contributed by atoms with Crippen molar-refractivity contribution in [1.29, 1.82) is 0 Å². The van der Waals surface area contributed by atoms with Crippen LogP contribution in [-0.2, 0) is 0 Å². The normalized spacial score (nSPS) is 26.4. The van der Waals surface area contributed by atoms with Crippen molar-refractivity contribution in [3.05, 3.63) is 22.4 Å². The maximum atomic E-state index is 4.36. The van der Waals surface area contributed by atoms with Crippen molar-refractivity contribution in [3.63, 3.8) is 0 Å². The zero-order chi connectivity index (χ0) is 14.7. The Morgan fingerprint density at radius 3 is 2.73 bits per heavy atom. The van der Waals surface area contributed by atoms with Gasteiger partial charge in [-0.25, -0.2) is 0 Å². The Labute approximate surface area is 154 Å². The number of rotatable bonds is 5. The van der Waals surface area contributed by atoms with Gasteiger partial charge in [-0.2, -0.15) is 0 Å². The third-order valence-corrected chi connectivity index (χ3v) is 5.54. The molecule has 0 radical (unpaired) electrons. The standard InChI is InChI=1S/C16H26N4S.HI/c1-12-10-13(12)19-16(17-2)18-11-14(15-6-5-9-21-15)20-7-3-4-8-20;/h5-6,9,12-14H,3-4,7-8,10-11H2,1-2H3,(H2,17,18,19);1H. The fourth-order valence-electron chi connectivity index (χ4n) is 3.03. The summed E-state index contributed by atoms with van der Waals surface area (Å²) in [6, 6.07) is 5.50. The molecule has 2 heterocycles. The second kappa shape index (κ2) is 8.49. The second-order valence-corrected chi connectivity index (χ2v) is 7.17. The minimum absolute atomic E-state index is 0. The van der Waals surface area contributed by atoms with Crippen LogP contribution in [-0.4, -0.2) is 43.6 Å². The number of halogens is 1. The van der Waals surface area contributed by atoms with Gasteiger partial charge in [-0.3, -0.25) is 9.89 Å². The smallest absolute Gasteiger partial charge is 0.191 e. The molecule has 6 heteroatoms. The number of aliphatic imine (C=N–C) groups is 1. The maximum absolute atomic E-state index is 4.36. The Kier molecular flexibility index (Phi) is 6.95. The van der Waals surface area contributed by atoms with Gasteiger partial charge in [0.15, 0.2) is 5.96 Å². The van der Waals surface area contributed by atoms with Crippen molar-refractivity contribution >= 4 is 41.3 Å². The van der Waals surface area contributed by atoms with Gasteiger partial charge in [-0.15, -0.1) is 35.3 Å². The van der Waals surface area contributed by atoms with Gasteiger partial charge < -0.3 is 10.6 Å². The first-order valence-electron chi connectivity index (χ1n) is 8.02. The van der Waals surface area contributed by atoms with E-state index in [1.165, 1.54) is 37.2 Å². The second-order valence-electron chi connectivity index (χ2n) is 6.19. The number of thiophene rings is 1. The summed E-state index contributed by atoms with van der Waals surface area (Å²) in [7, 11) is 1.86. The van der Waals surface area contributed by atoms with Crippen molar-refractivity contribution in [2.75, 3.05) is 26.7 Å². The largest absolute Gasteiger partial charge is 0.354 e. The van der Waals surface area contributed by atoms with Crippen LogP contribution in [0.3, 0.4) is 0 Å². The van der Waals surface area contributed by atoms with Crippen LogP contribution in [0.2, 0.25) is 0 Å². The third kappa shape index (κ3) is 4.58. The van der Waals surface area contributed by atoms with E-state index in [-0.39, 0.29) is 24.0 Å². The lowest BCUT2D eigenvalue weighted by Crippen LogP contribution is -2.43. The van der Waals surface area contributed by atoms with Gasteiger partial charge in [0.1, 0.15) is 0 Å². The van der Waals surface area contributed by atoms with E-state index in [1.54, 1.807) is 0 Å². The molecular weight excluding hydrogens is 407 g/mol. The summed E-state index contributed by atoms with van der Waals surface area (Å²) in [5, 5.41) is 9.21. The molecule has 0 aromatic carbocycles. The molecule has 0 spiro atoms. The molecule has 1 saturated heterocycles. The van der Waals surface area contributed by atoms with E-state index in [9.17, 15) is 0 Å². The van der Waals surface area contributed by atoms with E-state index in [1.807, 2.05) is 18.4 Å². The first-order valence-corrected chi connectivity index (χ1v) is 8.90. The van der Waals surface area contributed by atoms with E-state index >= 15 is 0 Å². The minimum atomic E-state index is 0. The molecule has 2 N–H and O–H groups in total. The fourth-order valence-corrected chi connectivity index (χ4v) is 3.89. The highest BCUT2D eigenvalue weighted by Gasteiger charge is 2.33. The van der Waals surface area contributed by atoms with Crippen LogP contribution in [0.5, 0.6) is 0 Å². The van der Waals surface area contributed by atoms with Gasteiger partial charge in [-0.05, 0) is 49.7 Å². The van der Waals surface area contributed by atoms with Crippen molar-refractivity contribution in [3.8, 4) is 0 Å². The van der Waals surface area contributed by atoms with Crippen LogP contribution in [0.15, 0.2) is 22.5 Å². The van der Waals surface area contributed by atoms with Gasteiger partial charge in [0.25, 0.3) is 0 Å². The SMILES string of the molecule is CN=C(NCC(c1cccs1)N1CCCC1)NC1CC1C.I. The first kappa shape index (κ1) is 18.0. The van der Waals surface area contributed by atoms with Crippen molar-refractivity contribution in [1.82, 2.24) is 15.5 Å². The molecule has 1 aliphatic heterocycles. The summed E-state index contributed by atoms with van der Waals surface area (Å²) in [4.78, 5) is 8.42. The average Bonchev–Trinajstić information content (AvgIpc) is 3.00. The summed E-state index contributed by atoms with van der Waals surface area (Å²) < 4.78 is 0. The molecule has 1 saturated carbocycles. The summed E-state index contributed by atoms with van der Waals surface area (Å²) >= 11 is 1.86. The number of nitrogens with one attached hydrogen (secondary N) is 2. The molecule has 1 aromatic heterocycles. The van der Waals surface area contributed by atoms with E-state index < -0.39 is 0 Å². The summed E-state index contributed by atoms with van der Waals surface area (Å²) in [5.41, 5.74) is 0. The number of likely N-dealkylation sites (tertiary alicyclic amines) is 1. The molecule has 2 fully saturated rings. The topological polar surface area (TPSA) is 39.7 Å². The predicted molar refractivity (Wildman–Crippen MR) is 105 cm³/mol. The molecule has 1 aromatic rings. The van der Waals surface area contributed by atoms with Crippen molar-refractivity contribution in [2.45, 2.75) is 38.3 Å². The van der Waals surface area contributed by atoms with Gasteiger partial charge in [0.2, 0.25) is 0 Å². The van der Waals surface area contributed by atoms with Gasteiger partial charge in [0.05, 0.1) is 6.04 Å². The van der Waals surface area contributed by atoms with Crippen LogP contribution in [0, 0.1) is 5.92 Å². The van der Waals surface area contributed by atoms with Crippen molar-refractivity contribution in [2.24, 2.45) is 10.9 Å². The van der Waals surface area contributed by atoms with Gasteiger partial charge in [0, 0.05) is 24.5 Å². The molecular formula is C16H27IN4S. The number of hydrogen-bond donors (Lipinski definition) is 2. The van der Waals surface area contributed by atoms with Crippen LogP contribution < -0.4 is 10.6 Å². The summed E-state index contributed by atoms with van der Waals surface area (Å²) in [5.74, 6) is 1.74. The lowest BCUT2D eigenvalue weighted by molar-refractivity contribution is 0.249. The van der Waals surface area contributed by atoms with Crippen LogP contribution in [0.25, 0.3) is 0 Å². The number of hydrogen-bond acceptors (Lipinski definition) is 3. The molecule has 3 unspecified atom stereocenters. The molecule has 0 amide bonds. The summed E-state index contributed by atoms with van der Waals surface area (Å²) in [6.07, 6.45) is 3.92. The molecule has 3 atom stereocenters. The Morgan fingerprint density at radius 2 is 2.18 bits per heavy atom. The Hall–Kier alpha value is -0.340. The average molecular weight is 434 g/mol. The Morgan fingerprint density at radius 1 is 1.45 bits per heavy atom. The Bertz CT molecular complexity index is 471. The monoisotopic (exact) mass is 434 g/mol. The molecule has 3 rings (SSSR count). The van der Waals surface area contributed by atoms with Crippen molar-refractivity contribution < 1.29 is 0 Å². The van der Waals surface area contributed by atoms with E-state index in [0.29, 0.717) is 12.1 Å². The fraction of sp³-hybridized carbons (Fsp3) is 0.688.